The fraction of sp³-hybridized carbons (Fsp3) is 0.409. The third-order valence-electron chi connectivity index (χ3n) is 5.27. The first-order valence-corrected chi connectivity index (χ1v) is 10.3. The molecule has 0 radical (unpaired) electrons. The molecule has 0 saturated carbocycles. The van der Waals surface area contributed by atoms with Crippen molar-refractivity contribution in [2.75, 3.05) is 33.4 Å². The molecule has 0 unspecified atom stereocenters. The van der Waals surface area contributed by atoms with Crippen molar-refractivity contribution in [3.8, 4) is 0 Å². The van der Waals surface area contributed by atoms with E-state index in [0.717, 1.165) is 56.0 Å². The van der Waals surface area contributed by atoms with Crippen LogP contribution in [0.5, 0.6) is 0 Å². The van der Waals surface area contributed by atoms with Gasteiger partial charge in [0.1, 0.15) is 0 Å². The summed E-state index contributed by atoms with van der Waals surface area (Å²) < 4.78 is 6.75. The van der Waals surface area contributed by atoms with E-state index >= 15 is 0 Å². The maximum absolute atomic E-state index is 5.63. The maximum Gasteiger partial charge on any atom is 0.191 e. The van der Waals surface area contributed by atoms with Gasteiger partial charge >= 0.3 is 0 Å². The van der Waals surface area contributed by atoms with Crippen molar-refractivity contribution in [2.45, 2.75) is 24.7 Å². The molecule has 1 aliphatic rings. The van der Waals surface area contributed by atoms with E-state index in [4.69, 9.17) is 4.74 Å². The minimum atomic E-state index is 0. The normalized spacial score (nSPS) is 16.1. The highest BCUT2D eigenvalue weighted by Gasteiger charge is 2.34. The van der Waals surface area contributed by atoms with Crippen LogP contribution in [0.15, 0.2) is 64.1 Å². The van der Waals surface area contributed by atoms with Crippen LogP contribution in [-0.2, 0) is 16.6 Å². The summed E-state index contributed by atoms with van der Waals surface area (Å²) in [5, 5.41) is 6.99. The van der Waals surface area contributed by atoms with Gasteiger partial charge in [0.05, 0.1) is 0 Å². The summed E-state index contributed by atoms with van der Waals surface area (Å²) in [7, 11) is 1.83. The Morgan fingerprint density at radius 1 is 1.04 bits per heavy atom. The number of guanidine groups is 1. The highest BCUT2D eigenvalue weighted by Crippen LogP contribution is 2.34. The van der Waals surface area contributed by atoms with Crippen LogP contribution in [-0.4, -0.2) is 39.3 Å². The second-order valence-corrected chi connectivity index (χ2v) is 7.90. The van der Waals surface area contributed by atoms with Gasteiger partial charge in [0.2, 0.25) is 0 Å². The standard InChI is InChI=1S/C22H28BrN3O.HI/c1-24-21(25-14-11-18-5-3-2-4-6-18)26-17-22(12-15-27-16-13-22)19-7-9-20(23)10-8-19;/h2-10H,11-17H2,1H3,(H2,24,25,26);1H. The molecule has 0 amide bonds. The highest BCUT2D eigenvalue weighted by molar-refractivity contribution is 14.0. The monoisotopic (exact) mass is 557 g/mol. The number of hydrogen-bond donors (Lipinski definition) is 2. The number of hydrogen-bond acceptors (Lipinski definition) is 2. The number of nitrogens with zero attached hydrogens (tertiary/aromatic N) is 1. The van der Waals surface area contributed by atoms with E-state index < -0.39 is 0 Å². The lowest BCUT2D eigenvalue weighted by atomic mass is 9.74. The molecule has 152 valence electrons. The molecule has 2 aromatic carbocycles. The SMILES string of the molecule is CN=C(NCCc1ccccc1)NCC1(c2ccc(Br)cc2)CCOCC1.I. The molecule has 1 heterocycles. The van der Waals surface area contributed by atoms with E-state index in [1.165, 1.54) is 11.1 Å². The lowest BCUT2D eigenvalue weighted by Crippen LogP contribution is -2.48. The summed E-state index contributed by atoms with van der Waals surface area (Å²) in [6.07, 6.45) is 3.01. The van der Waals surface area contributed by atoms with Gasteiger partial charge < -0.3 is 15.4 Å². The second kappa shape index (κ2) is 11.8. The Kier molecular flexibility index (Phi) is 9.74. The summed E-state index contributed by atoms with van der Waals surface area (Å²) in [6, 6.07) is 19.2. The fourth-order valence-electron chi connectivity index (χ4n) is 3.58. The van der Waals surface area contributed by atoms with E-state index in [1.54, 1.807) is 0 Å². The molecule has 1 fully saturated rings. The average Bonchev–Trinajstić information content (AvgIpc) is 2.72. The van der Waals surface area contributed by atoms with Gasteiger partial charge in [-0.05, 0) is 42.5 Å². The van der Waals surface area contributed by atoms with Gasteiger partial charge in [0, 0.05) is 43.2 Å². The van der Waals surface area contributed by atoms with Crippen LogP contribution in [0.1, 0.15) is 24.0 Å². The molecule has 0 atom stereocenters. The number of rotatable bonds is 6. The first-order valence-electron chi connectivity index (χ1n) is 9.54. The van der Waals surface area contributed by atoms with Gasteiger partial charge in [0.25, 0.3) is 0 Å². The first kappa shape index (κ1) is 23.2. The van der Waals surface area contributed by atoms with Crippen molar-refractivity contribution in [3.63, 3.8) is 0 Å². The summed E-state index contributed by atoms with van der Waals surface area (Å²) in [6.45, 7) is 3.32. The van der Waals surface area contributed by atoms with E-state index in [9.17, 15) is 0 Å². The second-order valence-electron chi connectivity index (χ2n) is 6.99. The predicted octanol–water partition coefficient (Wildman–Crippen LogP) is 4.52. The smallest absolute Gasteiger partial charge is 0.191 e. The lowest BCUT2D eigenvalue weighted by molar-refractivity contribution is 0.0514. The zero-order valence-corrected chi connectivity index (χ0v) is 20.2. The van der Waals surface area contributed by atoms with Gasteiger partial charge in [-0.2, -0.15) is 0 Å². The number of benzene rings is 2. The number of nitrogens with one attached hydrogen (secondary N) is 2. The molecule has 28 heavy (non-hydrogen) atoms. The molecule has 2 N–H and O–H groups in total. The van der Waals surface area contributed by atoms with Crippen LogP contribution in [0.4, 0.5) is 0 Å². The zero-order chi connectivity index (χ0) is 19.0. The van der Waals surface area contributed by atoms with E-state index in [1.807, 2.05) is 13.1 Å². The van der Waals surface area contributed by atoms with Crippen LogP contribution in [0.25, 0.3) is 0 Å². The van der Waals surface area contributed by atoms with Crippen molar-refractivity contribution in [2.24, 2.45) is 4.99 Å². The zero-order valence-electron chi connectivity index (χ0n) is 16.3. The number of aliphatic imine (C=N–C) groups is 1. The van der Waals surface area contributed by atoms with Gasteiger partial charge in [-0.1, -0.05) is 58.4 Å². The predicted molar refractivity (Wildman–Crippen MR) is 131 cm³/mol. The van der Waals surface area contributed by atoms with E-state index in [0.29, 0.717) is 0 Å². The van der Waals surface area contributed by atoms with E-state index in [2.05, 4.69) is 80.1 Å². The van der Waals surface area contributed by atoms with Gasteiger partial charge in [-0.3, -0.25) is 4.99 Å². The number of halogens is 2. The molecule has 1 saturated heterocycles. The summed E-state index contributed by atoms with van der Waals surface area (Å²) in [5.41, 5.74) is 2.77. The summed E-state index contributed by atoms with van der Waals surface area (Å²) in [5.74, 6) is 0.855. The molecular weight excluding hydrogens is 529 g/mol. The Bertz CT molecular complexity index is 731. The third kappa shape index (κ3) is 6.46. The quantitative estimate of drug-likeness (QED) is 0.312. The molecule has 0 spiro atoms. The minimum absolute atomic E-state index is 0. The molecule has 1 aliphatic heterocycles. The number of ether oxygens (including phenoxy) is 1. The molecule has 0 aliphatic carbocycles. The first-order chi connectivity index (χ1) is 13.2. The maximum atomic E-state index is 5.63. The van der Waals surface area contributed by atoms with Gasteiger partial charge in [-0.15, -0.1) is 24.0 Å². The average molecular weight is 558 g/mol. The highest BCUT2D eigenvalue weighted by atomic mass is 127. The lowest BCUT2D eigenvalue weighted by Gasteiger charge is -2.38. The Morgan fingerprint density at radius 3 is 2.36 bits per heavy atom. The Balaban J connectivity index is 0.00000280. The van der Waals surface area contributed by atoms with Crippen LogP contribution >= 0.6 is 39.9 Å². The minimum Gasteiger partial charge on any atom is -0.381 e. The molecule has 6 heteroatoms. The summed E-state index contributed by atoms with van der Waals surface area (Å²) in [4.78, 5) is 4.40. The Hall–Kier alpha value is -1.12. The summed E-state index contributed by atoms with van der Waals surface area (Å²) >= 11 is 3.54. The van der Waals surface area contributed by atoms with E-state index in [-0.39, 0.29) is 29.4 Å². The van der Waals surface area contributed by atoms with Crippen LogP contribution in [0.3, 0.4) is 0 Å². The Labute approximate surface area is 193 Å². The molecule has 2 aromatic rings. The molecule has 0 aromatic heterocycles. The third-order valence-corrected chi connectivity index (χ3v) is 5.80. The molecule has 0 bridgehead atoms. The van der Waals surface area contributed by atoms with Crippen LogP contribution < -0.4 is 10.6 Å². The molecule has 3 rings (SSSR count). The van der Waals surface area contributed by atoms with Crippen LogP contribution in [0, 0.1) is 0 Å². The topological polar surface area (TPSA) is 45.7 Å². The van der Waals surface area contributed by atoms with Crippen molar-refractivity contribution >= 4 is 45.9 Å². The Morgan fingerprint density at radius 2 is 1.71 bits per heavy atom. The van der Waals surface area contributed by atoms with Crippen molar-refractivity contribution in [3.05, 3.63) is 70.2 Å². The van der Waals surface area contributed by atoms with Gasteiger partial charge in [-0.25, -0.2) is 0 Å². The molecule has 4 nitrogen and oxygen atoms in total. The fourth-order valence-corrected chi connectivity index (χ4v) is 3.84. The van der Waals surface area contributed by atoms with Crippen molar-refractivity contribution in [1.82, 2.24) is 10.6 Å². The van der Waals surface area contributed by atoms with Crippen molar-refractivity contribution in [1.29, 1.82) is 0 Å². The van der Waals surface area contributed by atoms with Crippen molar-refractivity contribution < 1.29 is 4.74 Å². The van der Waals surface area contributed by atoms with Crippen LogP contribution in [0.2, 0.25) is 0 Å². The molecular formula is C22H29BrIN3O. The largest absolute Gasteiger partial charge is 0.381 e. The van der Waals surface area contributed by atoms with Gasteiger partial charge in [0.15, 0.2) is 5.96 Å².